The minimum Gasteiger partial charge on any atom is -0.496 e. The molecule has 0 radical (unpaired) electrons. The Morgan fingerprint density at radius 3 is 2.70 bits per heavy atom. The zero-order valence-electron chi connectivity index (χ0n) is 19.4. The summed E-state index contributed by atoms with van der Waals surface area (Å²) >= 11 is 0. The van der Waals surface area contributed by atoms with Gasteiger partial charge in [-0.25, -0.2) is 0 Å². The molecule has 7 heteroatoms. The lowest BCUT2D eigenvalue weighted by Gasteiger charge is -2.33. The molecule has 2 heterocycles. The van der Waals surface area contributed by atoms with Crippen molar-refractivity contribution in [2.75, 3.05) is 40.6 Å². The molecule has 1 saturated heterocycles. The maximum Gasteiger partial charge on any atom is 0.231 e. The van der Waals surface area contributed by atoms with Gasteiger partial charge in [-0.15, -0.1) is 0 Å². The Morgan fingerprint density at radius 2 is 1.91 bits per heavy atom. The van der Waals surface area contributed by atoms with Crippen LogP contribution in [0.15, 0.2) is 36.4 Å². The summed E-state index contributed by atoms with van der Waals surface area (Å²) in [5.41, 5.74) is 2.48. The van der Waals surface area contributed by atoms with Crippen LogP contribution in [0.5, 0.6) is 23.0 Å². The van der Waals surface area contributed by atoms with Crippen LogP contribution in [0.25, 0.3) is 0 Å². The van der Waals surface area contributed by atoms with E-state index in [0.29, 0.717) is 12.3 Å². The lowest BCUT2D eigenvalue weighted by molar-refractivity contribution is -0.123. The van der Waals surface area contributed by atoms with Crippen molar-refractivity contribution in [2.45, 2.75) is 32.2 Å². The van der Waals surface area contributed by atoms with Crippen LogP contribution in [0.2, 0.25) is 0 Å². The molecule has 2 aliphatic heterocycles. The zero-order valence-corrected chi connectivity index (χ0v) is 19.4. The van der Waals surface area contributed by atoms with Crippen molar-refractivity contribution in [3.8, 4) is 23.0 Å². The van der Waals surface area contributed by atoms with E-state index in [0.717, 1.165) is 73.7 Å². The summed E-state index contributed by atoms with van der Waals surface area (Å²) in [6, 6.07) is 12.1. The van der Waals surface area contributed by atoms with E-state index in [2.05, 4.69) is 16.3 Å². The van der Waals surface area contributed by atoms with E-state index < -0.39 is 0 Å². The number of amides is 1. The van der Waals surface area contributed by atoms with Crippen LogP contribution < -0.4 is 24.3 Å². The number of carbonyl (C=O) groups excluding carboxylic acids is 1. The highest BCUT2D eigenvalue weighted by Gasteiger charge is 2.58. The molecular weight excluding hydrogens is 420 g/mol. The highest BCUT2D eigenvalue weighted by Crippen LogP contribution is 2.59. The number of rotatable bonds is 8. The van der Waals surface area contributed by atoms with E-state index in [1.807, 2.05) is 30.3 Å². The molecule has 1 aliphatic carbocycles. The SMILES string of the molecule is COc1ccccc1CCNC(=O)[C@H]1CC12CCN(Cc1cc(OC)c3c(c1)OCO3)CC2. The maximum atomic E-state index is 12.8. The number of nitrogens with zero attached hydrogens (tertiary/aromatic N) is 1. The molecule has 33 heavy (non-hydrogen) atoms. The van der Waals surface area contributed by atoms with Gasteiger partial charge in [0.15, 0.2) is 11.5 Å². The van der Waals surface area contributed by atoms with Gasteiger partial charge in [-0.1, -0.05) is 18.2 Å². The predicted octanol–water partition coefficient (Wildman–Crippen LogP) is 3.39. The summed E-state index contributed by atoms with van der Waals surface area (Å²) in [4.78, 5) is 15.2. The first-order chi connectivity index (χ1) is 16.1. The fourth-order valence-electron chi connectivity index (χ4n) is 5.31. The average molecular weight is 453 g/mol. The number of likely N-dealkylation sites (tertiary alicyclic amines) is 1. The Bertz CT molecular complexity index is 1020. The molecule has 2 aromatic rings. The van der Waals surface area contributed by atoms with Crippen molar-refractivity contribution in [3.63, 3.8) is 0 Å². The van der Waals surface area contributed by atoms with Gasteiger partial charge < -0.3 is 24.3 Å². The number of ether oxygens (including phenoxy) is 4. The third kappa shape index (κ3) is 4.47. The maximum absolute atomic E-state index is 12.8. The molecule has 2 fully saturated rings. The standard InChI is InChI=1S/C26H32N2O5/c1-30-21-6-4-3-5-19(21)7-10-27-25(29)20-15-26(20)8-11-28(12-9-26)16-18-13-22(31-2)24-23(14-18)32-17-33-24/h3-6,13-14,20H,7-12,15-17H2,1-2H3,(H,27,29)/t20-/m1/s1. The van der Waals surface area contributed by atoms with Crippen molar-refractivity contribution in [1.29, 1.82) is 0 Å². The molecule has 1 atom stereocenters. The molecule has 176 valence electrons. The van der Waals surface area contributed by atoms with E-state index in [4.69, 9.17) is 18.9 Å². The molecule has 1 saturated carbocycles. The monoisotopic (exact) mass is 452 g/mol. The van der Waals surface area contributed by atoms with E-state index in [-0.39, 0.29) is 24.0 Å². The highest BCUT2D eigenvalue weighted by atomic mass is 16.7. The summed E-state index contributed by atoms with van der Waals surface area (Å²) in [6.45, 7) is 3.73. The third-order valence-corrected chi connectivity index (χ3v) is 7.37. The number of hydrogen-bond acceptors (Lipinski definition) is 6. The van der Waals surface area contributed by atoms with Crippen LogP contribution in [-0.2, 0) is 17.8 Å². The van der Waals surface area contributed by atoms with Crippen molar-refractivity contribution < 1.29 is 23.7 Å². The van der Waals surface area contributed by atoms with E-state index in [1.165, 1.54) is 0 Å². The quantitative estimate of drug-likeness (QED) is 0.662. The molecular formula is C26H32N2O5. The second-order valence-corrected chi connectivity index (χ2v) is 9.28. The Kier molecular flexibility index (Phi) is 6.06. The van der Waals surface area contributed by atoms with Gasteiger partial charge in [0.05, 0.1) is 14.2 Å². The molecule has 1 N–H and O–H groups in total. The molecule has 0 bridgehead atoms. The summed E-state index contributed by atoms with van der Waals surface area (Å²) in [6.07, 6.45) is 3.93. The van der Waals surface area contributed by atoms with Gasteiger partial charge in [-0.2, -0.15) is 0 Å². The van der Waals surface area contributed by atoms with Crippen LogP contribution in [0, 0.1) is 11.3 Å². The van der Waals surface area contributed by atoms with Gasteiger partial charge in [0, 0.05) is 19.0 Å². The number of piperidine rings is 1. The van der Waals surface area contributed by atoms with Gasteiger partial charge in [0.25, 0.3) is 0 Å². The van der Waals surface area contributed by atoms with Crippen LogP contribution in [0.3, 0.4) is 0 Å². The van der Waals surface area contributed by atoms with Gasteiger partial charge in [0.2, 0.25) is 18.4 Å². The van der Waals surface area contributed by atoms with E-state index >= 15 is 0 Å². The summed E-state index contributed by atoms with van der Waals surface area (Å²) < 4.78 is 21.9. The number of hydrogen-bond donors (Lipinski definition) is 1. The molecule has 1 spiro atoms. The molecule has 5 rings (SSSR count). The third-order valence-electron chi connectivity index (χ3n) is 7.37. The van der Waals surface area contributed by atoms with E-state index in [1.54, 1.807) is 14.2 Å². The Hall–Kier alpha value is -2.93. The molecule has 2 aromatic carbocycles. The van der Waals surface area contributed by atoms with Crippen LogP contribution in [0.1, 0.15) is 30.4 Å². The minimum absolute atomic E-state index is 0.156. The summed E-state index contributed by atoms with van der Waals surface area (Å²) in [5, 5.41) is 3.16. The molecule has 1 amide bonds. The van der Waals surface area contributed by atoms with Crippen molar-refractivity contribution >= 4 is 5.91 Å². The first-order valence-corrected chi connectivity index (χ1v) is 11.7. The number of benzene rings is 2. The topological polar surface area (TPSA) is 69.3 Å². The van der Waals surface area contributed by atoms with E-state index in [9.17, 15) is 4.79 Å². The largest absolute Gasteiger partial charge is 0.496 e. The molecule has 0 aromatic heterocycles. The minimum atomic E-state index is 0.156. The molecule has 0 unspecified atom stereocenters. The van der Waals surface area contributed by atoms with Crippen LogP contribution in [0.4, 0.5) is 0 Å². The molecule has 7 nitrogen and oxygen atoms in total. The van der Waals surface area contributed by atoms with Crippen molar-refractivity contribution in [1.82, 2.24) is 10.2 Å². The Morgan fingerprint density at radius 1 is 1.12 bits per heavy atom. The number of methoxy groups -OCH3 is 2. The van der Waals surface area contributed by atoms with Gasteiger partial charge in [-0.05, 0) is 73.5 Å². The van der Waals surface area contributed by atoms with Gasteiger partial charge >= 0.3 is 0 Å². The normalized spacial score (nSPS) is 20.5. The number of fused-ring (bicyclic) bond motifs is 1. The average Bonchev–Trinajstić information content (AvgIpc) is 3.33. The smallest absolute Gasteiger partial charge is 0.231 e. The molecule has 3 aliphatic rings. The highest BCUT2D eigenvalue weighted by molar-refractivity contribution is 5.82. The fourth-order valence-corrected chi connectivity index (χ4v) is 5.31. The summed E-state index contributed by atoms with van der Waals surface area (Å²) in [5.74, 6) is 3.41. The van der Waals surface area contributed by atoms with Gasteiger partial charge in [-0.3, -0.25) is 9.69 Å². The fraction of sp³-hybridized carbons (Fsp3) is 0.500. The number of carbonyl (C=O) groups is 1. The second kappa shape index (κ2) is 9.14. The zero-order chi connectivity index (χ0) is 22.8. The lowest BCUT2D eigenvalue weighted by atomic mass is 9.90. The van der Waals surface area contributed by atoms with Crippen molar-refractivity contribution in [3.05, 3.63) is 47.5 Å². The summed E-state index contributed by atoms with van der Waals surface area (Å²) in [7, 11) is 3.33. The first kappa shape index (κ1) is 21.9. The second-order valence-electron chi connectivity index (χ2n) is 9.28. The van der Waals surface area contributed by atoms with Gasteiger partial charge in [0.1, 0.15) is 5.75 Å². The van der Waals surface area contributed by atoms with Crippen LogP contribution in [-0.4, -0.2) is 51.5 Å². The van der Waals surface area contributed by atoms with Crippen LogP contribution >= 0.6 is 0 Å². The number of nitrogens with one attached hydrogen (secondary N) is 1. The lowest BCUT2D eigenvalue weighted by Crippen LogP contribution is -2.37. The van der Waals surface area contributed by atoms with Crippen molar-refractivity contribution in [2.24, 2.45) is 11.3 Å². The Balaban J connectivity index is 1.10. The predicted molar refractivity (Wildman–Crippen MR) is 124 cm³/mol. The first-order valence-electron chi connectivity index (χ1n) is 11.7. The Labute approximate surface area is 195 Å². The number of para-hydroxylation sites is 1.